The molecule has 106 valence electrons. The highest BCUT2D eigenvalue weighted by molar-refractivity contribution is 6.33. The molecule has 0 aliphatic rings. The molecule has 0 radical (unpaired) electrons. The Labute approximate surface area is 122 Å². The van der Waals surface area contributed by atoms with Crippen molar-refractivity contribution in [1.29, 1.82) is 0 Å². The Bertz CT molecular complexity index is 828. The number of aromatic nitrogens is 4. The molecule has 0 aliphatic carbocycles. The number of hydrogen-bond donors (Lipinski definition) is 4. The van der Waals surface area contributed by atoms with Gasteiger partial charge >= 0.3 is 0 Å². The van der Waals surface area contributed by atoms with Crippen LogP contribution in [0.3, 0.4) is 0 Å². The van der Waals surface area contributed by atoms with Crippen LogP contribution >= 0.6 is 11.6 Å². The lowest BCUT2D eigenvalue weighted by Crippen LogP contribution is -2.14. The number of phenols is 2. The average Bonchev–Trinajstić information content (AvgIpc) is 2.86. The molecule has 1 amide bonds. The first-order valence-corrected chi connectivity index (χ1v) is 6.12. The van der Waals surface area contributed by atoms with Crippen LogP contribution in [0.4, 0.5) is 5.95 Å². The Morgan fingerprint density at radius 3 is 2.62 bits per heavy atom. The van der Waals surface area contributed by atoms with Crippen LogP contribution in [-0.2, 0) is 0 Å². The van der Waals surface area contributed by atoms with Gasteiger partial charge < -0.3 is 15.2 Å². The Morgan fingerprint density at radius 2 is 1.90 bits per heavy atom. The lowest BCUT2D eigenvalue weighted by Gasteiger charge is -2.05. The van der Waals surface area contributed by atoms with Crippen molar-refractivity contribution in [2.45, 2.75) is 0 Å². The van der Waals surface area contributed by atoms with Crippen LogP contribution in [0.25, 0.3) is 11.2 Å². The maximum absolute atomic E-state index is 12.0. The van der Waals surface area contributed by atoms with Crippen molar-refractivity contribution < 1.29 is 15.0 Å². The molecule has 1 aromatic carbocycles. The van der Waals surface area contributed by atoms with E-state index in [0.717, 1.165) is 6.07 Å². The summed E-state index contributed by atoms with van der Waals surface area (Å²) < 4.78 is 0. The van der Waals surface area contributed by atoms with Gasteiger partial charge in [0.15, 0.2) is 10.8 Å². The summed E-state index contributed by atoms with van der Waals surface area (Å²) in [4.78, 5) is 26.6. The van der Waals surface area contributed by atoms with E-state index in [1.54, 1.807) is 0 Å². The lowest BCUT2D eigenvalue weighted by atomic mass is 10.2. The molecule has 2 heterocycles. The van der Waals surface area contributed by atoms with Crippen LogP contribution in [0, 0.1) is 0 Å². The van der Waals surface area contributed by atoms with Crippen molar-refractivity contribution in [3.05, 3.63) is 35.2 Å². The minimum absolute atomic E-state index is 0.0348. The molecule has 9 heteroatoms. The van der Waals surface area contributed by atoms with Crippen LogP contribution in [0.1, 0.15) is 10.4 Å². The highest BCUT2D eigenvalue weighted by Crippen LogP contribution is 2.22. The smallest absolute Gasteiger partial charge is 0.258 e. The van der Waals surface area contributed by atoms with Gasteiger partial charge in [-0.15, -0.1) is 0 Å². The molecule has 2 aromatic heterocycles. The lowest BCUT2D eigenvalue weighted by molar-refractivity contribution is 0.102. The number of carbonyl (C=O) groups is 1. The normalized spacial score (nSPS) is 10.7. The third kappa shape index (κ3) is 2.56. The molecule has 0 saturated carbocycles. The van der Waals surface area contributed by atoms with Gasteiger partial charge in [-0.25, -0.2) is 4.98 Å². The third-order valence-electron chi connectivity index (χ3n) is 2.63. The monoisotopic (exact) mass is 305 g/mol. The van der Waals surface area contributed by atoms with Gasteiger partial charge in [-0.3, -0.25) is 10.1 Å². The van der Waals surface area contributed by atoms with E-state index in [4.69, 9.17) is 11.6 Å². The van der Waals surface area contributed by atoms with Crippen molar-refractivity contribution in [2.75, 3.05) is 5.32 Å². The molecule has 0 bridgehead atoms. The zero-order valence-electron chi connectivity index (χ0n) is 10.3. The summed E-state index contributed by atoms with van der Waals surface area (Å²) in [6.45, 7) is 0. The van der Waals surface area contributed by atoms with Crippen LogP contribution in [0.2, 0.25) is 5.15 Å². The molecule has 0 atom stereocenters. The number of H-pyrrole nitrogens is 1. The summed E-state index contributed by atoms with van der Waals surface area (Å²) in [5.41, 5.74) is 0.822. The van der Waals surface area contributed by atoms with E-state index in [1.807, 2.05) is 0 Å². The second kappa shape index (κ2) is 4.91. The molecule has 0 unspecified atom stereocenters. The number of rotatable bonds is 2. The summed E-state index contributed by atoms with van der Waals surface area (Å²) in [6.07, 6.45) is 1.41. The molecule has 0 fully saturated rings. The van der Waals surface area contributed by atoms with Crippen molar-refractivity contribution in [3.8, 4) is 11.5 Å². The fourth-order valence-corrected chi connectivity index (χ4v) is 1.97. The van der Waals surface area contributed by atoms with Gasteiger partial charge in [-0.1, -0.05) is 11.6 Å². The highest BCUT2D eigenvalue weighted by atomic mass is 35.5. The number of fused-ring (bicyclic) bond motifs is 1. The minimum atomic E-state index is -0.604. The second-order valence-electron chi connectivity index (χ2n) is 4.13. The summed E-state index contributed by atoms with van der Waals surface area (Å²) in [5.74, 6) is -1.11. The first kappa shape index (κ1) is 13.1. The largest absolute Gasteiger partial charge is 0.508 e. The SMILES string of the molecule is O=C(Nc1nc(Cl)c2[nH]cnc2n1)c1cc(O)cc(O)c1. The first-order chi connectivity index (χ1) is 10.0. The number of benzene rings is 1. The van der Waals surface area contributed by atoms with Gasteiger partial charge in [-0.2, -0.15) is 9.97 Å². The molecule has 0 spiro atoms. The summed E-state index contributed by atoms with van der Waals surface area (Å²) in [6, 6.07) is 3.51. The van der Waals surface area contributed by atoms with Crippen LogP contribution in [0.5, 0.6) is 11.5 Å². The van der Waals surface area contributed by atoms with E-state index >= 15 is 0 Å². The zero-order chi connectivity index (χ0) is 15.0. The highest BCUT2D eigenvalue weighted by Gasteiger charge is 2.13. The van der Waals surface area contributed by atoms with Crippen LogP contribution in [0.15, 0.2) is 24.5 Å². The van der Waals surface area contributed by atoms with Crippen LogP contribution in [-0.4, -0.2) is 36.1 Å². The number of nitrogens with one attached hydrogen (secondary N) is 2. The summed E-state index contributed by atoms with van der Waals surface area (Å²) >= 11 is 5.93. The number of amides is 1. The van der Waals surface area contributed by atoms with Crippen LogP contribution < -0.4 is 5.32 Å². The van der Waals surface area contributed by atoms with Crippen molar-refractivity contribution in [3.63, 3.8) is 0 Å². The van der Waals surface area contributed by atoms with Gasteiger partial charge in [0.2, 0.25) is 5.95 Å². The molecule has 8 nitrogen and oxygen atoms in total. The molecule has 0 saturated heterocycles. The van der Waals surface area contributed by atoms with E-state index in [1.165, 1.54) is 18.5 Å². The standard InChI is InChI=1S/C12H8ClN5O3/c13-9-8-10(15-4-14-8)17-12(16-9)18-11(21)5-1-6(19)3-7(20)2-5/h1-4,19-20H,(H2,14,15,16,17,18,21). The van der Waals surface area contributed by atoms with Gasteiger partial charge in [0.25, 0.3) is 5.91 Å². The molecule has 0 aliphatic heterocycles. The summed E-state index contributed by atoms with van der Waals surface area (Å²) in [7, 11) is 0. The number of aromatic hydroxyl groups is 2. The second-order valence-corrected chi connectivity index (χ2v) is 4.49. The maximum atomic E-state index is 12.0. The fraction of sp³-hybridized carbons (Fsp3) is 0. The maximum Gasteiger partial charge on any atom is 0.258 e. The predicted molar refractivity (Wildman–Crippen MR) is 74.4 cm³/mol. The molecule has 3 rings (SSSR count). The van der Waals surface area contributed by atoms with E-state index in [9.17, 15) is 15.0 Å². The zero-order valence-corrected chi connectivity index (χ0v) is 11.1. The number of phenolic OH excluding ortho intramolecular Hbond substituents is 2. The average molecular weight is 306 g/mol. The summed E-state index contributed by atoms with van der Waals surface area (Å²) in [5, 5.41) is 21.3. The van der Waals surface area contributed by atoms with E-state index in [-0.39, 0.29) is 28.2 Å². The van der Waals surface area contributed by atoms with E-state index in [0.29, 0.717) is 11.2 Å². The van der Waals surface area contributed by atoms with Gasteiger partial charge in [0.05, 0.1) is 6.33 Å². The molecular formula is C12H8ClN5O3. The molecular weight excluding hydrogens is 298 g/mol. The van der Waals surface area contributed by atoms with E-state index < -0.39 is 5.91 Å². The van der Waals surface area contributed by atoms with Gasteiger partial charge in [0, 0.05) is 11.6 Å². The first-order valence-electron chi connectivity index (χ1n) is 5.74. The predicted octanol–water partition coefficient (Wildman–Crippen LogP) is 1.67. The van der Waals surface area contributed by atoms with Crippen molar-refractivity contribution in [1.82, 2.24) is 19.9 Å². The Morgan fingerprint density at radius 1 is 1.19 bits per heavy atom. The molecule has 4 N–H and O–H groups in total. The topological polar surface area (TPSA) is 124 Å². The Balaban J connectivity index is 1.92. The molecule has 21 heavy (non-hydrogen) atoms. The fourth-order valence-electron chi connectivity index (χ4n) is 1.75. The van der Waals surface area contributed by atoms with E-state index in [2.05, 4.69) is 25.3 Å². The number of imidazole rings is 1. The number of hydrogen-bond acceptors (Lipinski definition) is 6. The van der Waals surface area contributed by atoms with Crippen molar-refractivity contribution >= 4 is 34.6 Å². The number of halogens is 1. The van der Waals surface area contributed by atoms with Crippen molar-refractivity contribution in [2.24, 2.45) is 0 Å². The number of nitrogens with zero attached hydrogens (tertiary/aromatic N) is 3. The number of aromatic amines is 1. The number of anilines is 1. The van der Waals surface area contributed by atoms with Gasteiger partial charge in [-0.05, 0) is 12.1 Å². The quantitative estimate of drug-likeness (QED) is 0.534. The Kier molecular flexibility index (Phi) is 3.07. The third-order valence-corrected chi connectivity index (χ3v) is 2.91. The minimum Gasteiger partial charge on any atom is -0.508 e. The molecule has 3 aromatic rings. The Hall–Kier alpha value is -2.87. The van der Waals surface area contributed by atoms with Gasteiger partial charge in [0.1, 0.15) is 17.0 Å². The number of carbonyl (C=O) groups excluding carboxylic acids is 1.